The number of nitrogens with zero attached hydrogens (tertiary/aromatic N) is 2. The molecule has 0 radical (unpaired) electrons. The van der Waals surface area contributed by atoms with Gasteiger partial charge in [0.2, 0.25) is 0 Å². The predicted molar refractivity (Wildman–Crippen MR) is 156 cm³/mol. The van der Waals surface area contributed by atoms with Crippen molar-refractivity contribution in [2.45, 2.75) is 19.9 Å². The summed E-state index contributed by atoms with van der Waals surface area (Å²) in [5.41, 5.74) is 3.67. The molecule has 0 saturated carbocycles. The number of hydrogen-bond donors (Lipinski definition) is 1. The van der Waals surface area contributed by atoms with Gasteiger partial charge < -0.3 is 19.5 Å². The van der Waals surface area contributed by atoms with E-state index in [1.165, 1.54) is 11.3 Å². The zero-order chi connectivity index (χ0) is 28.4. The number of carbonyl (C=O) groups is 1. The monoisotopic (exact) mass is 555 g/mol. The summed E-state index contributed by atoms with van der Waals surface area (Å²) < 4.78 is 18.6. The highest BCUT2D eigenvalue weighted by Crippen LogP contribution is 2.34. The Bertz CT molecular complexity index is 1800. The van der Waals surface area contributed by atoms with Crippen molar-refractivity contribution >= 4 is 29.0 Å². The molecular formula is C31H29N3O5S. The van der Waals surface area contributed by atoms with Gasteiger partial charge in [-0.25, -0.2) is 4.99 Å². The van der Waals surface area contributed by atoms with Gasteiger partial charge in [0, 0.05) is 11.3 Å². The van der Waals surface area contributed by atoms with E-state index in [-0.39, 0.29) is 11.5 Å². The van der Waals surface area contributed by atoms with Gasteiger partial charge >= 0.3 is 0 Å². The maximum atomic E-state index is 14.0. The predicted octanol–water partition coefficient (Wildman–Crippen LogP) is 4.21. The number of aryl methyl sites for hydroxylation is 1. The minimum atomic E-state index is -0.719. The molecule has 1 aliphatic rings. The molecule has 0 bridgehead atoms. The molecule has 0 unspecified atom stereocenters. The Morgan fingerprint density at radius 2 is 1.70 bits per heavy atom. The number of carbonyl (C=O) groups excluding carboxylic acids is 1. The maximum absolute atomic E-state index is 14.0. The zero-order valence-electron chi connectivity index (χ0n) is 22.8. The number of ether oxygens (including phenoxy) is 3. The molecule has 204 valence electrons. The minimum absolute atomic E-state index is 0.268. The lowest BCUT2D eigenvalue weighted by Gasteiger charge is -2.26. The molecule has 4 aromatic rings. The summed E-state index contributed by atoms with van der Waals surface area (Å²) in [6.07, 6.45) is 1.76. The van der Waals surface area contributed by atoms with Gasteiger partial charge in [0.05, 0.1) is 43.2 Å². The topological polar surface area (TPSA) is 91.2 Å². The van der Waals surface area contributed by atoms with E-state index in [0.29, 0.717) is 49.1 Å². The highest BCUT2D eigenvalue weighted by Gasteiger charge is 2.33. The Morgan fingerprint density at radius 3 is 2.40 bits per heavy atom. The van der Waals surface area contributed by atoms with Crippen molar-refractivity contribution in [2.75, 3.05) is 26.6 Å². The van der Waals surface area contributed by atoms with Gasteiger partial charge in [-0.2, -0.15) is 0 Å². The van der Waals surface area contributed by atoms with E-state index in [9.17, 15) is 9.59 Å². The molecule has 1 N–H and O–H groups in total. The summed E-state index contributed by atoms with van der Waals surface area (Å²) in [6.45, 7) is 3.74. The van der Waals surface area contributed by atoms with Crippen molar-refractivity contribution in [3.63, 3.8) is 0 Å². The van der Waals surface area contributed by atoms with E-state index in [1.54, 1.807) is 45.0 Å². The summed E-state index contributed by atoms with van der Waals surface area (Å²) in [7, 11) is 4.72. The van der Waals surface area contributed by atoms with Crippen LogP contribution in [-0.4, -0.2) is 31.8 Å². The summed E-state index contributed by atoms with van der Waals surface area (Å²) >= 11 is 1.26. The van der Waals surface area contributed by atoms with Gasteiger partial charge in [-0.15, -0.1) is 0 Å². The molecule has 5 rings (SSSR count). The summed E-state index contributed by atoms with van der Waals surface area (Å²) in [5.74, 6) is 1.41. The van der Waals surface area contributed by atoms with E-state index < -0.39 is 6.04 Å². The number of amides is 1. The van der Waals surface area contributed by atoms with Crippen LogP contribution in [0.5, 0.6) is 17.2 Å². The third kappa shape index (κ3) is 4.91. The average Bonchev–Trinajstić information content (AvgIpc) is 3.26. The molecular weight excluding hydrogens is 526 g/mol. The van der Waals surface area contributed by atoms with E-state index in [0.717, 1.165) is 11.1 Å². The second kappa shape index (κ2) is 11.2. The minimum Gasteiger partial charge on any atom is -0.496 e. The fourth-order valence-corrected chi connectivity index (χ4v) is 5.86. The quantitative estimate of drug-likeness (QED) is 0.369. The van der Waals surface area contributed by atoms with Crippen LogP contribution >= 0.6 is 11.3 Å². The number of aromatic nitrogens is 1. The van der Waals surface area contributed by atoms with Crippen LogP contribution in [-0.2, 0) is 4.79 Å². The van der Waals surface area contributed by atoms with Crippen LogP contribution in [0.4, 0.5) is 5.69 Å². The highest BCUT2D eigenvalue weighted by atomic mass is 32.1. The second-order valence-corrected chi connectivity index (χ2v) is 10.2. The number of rotatable bonds is 7. The molecule has 8 nitrogen and oxygen atoms in total. The maximum Gasteiger partial charge on any atom is 0.271 e. The van der Waals surface area contributed by atoms with Gasteiger partial charge in [0.1, 0.15) is 5.75 Å². The van der Waals surface area contributed by atoms with E-state index in [1.807, 2.05) is 67.6 Å². The number of fused-ring (bicyclic) bond motifs is 1. The van der Waals surface area contributed by atoms with Crippen molar-refractivity contribution in [3.8, 4) is 17.2 Å². The SMILES string of the molecule is COc1cc([C@@H]2C(C(=O)Nc3ccccc3)=C(C)N=c3s/c(=C\c4cccc(OC)c4OC)c(=O)n32)ccc1C. The Labute approximate surface area is 235 Å². The van der Waals surface area contributed by atoms with Crippen LogP contribution in [0.2, 0.25) is 0 Å². The highest BCUT2D eigenvalue weighted by molar-refractivity contribution is 7.07. The fourth-order valence-electron chi connectivity index (χ4n) is 4.82. The van der Waals surface area contributed by atoms with Crippen LogP contribution in [0, 0.1) is 6.92 Å². The van der Waals surface area contributed by atoms with E-state index >= 15 is 0 Å². The van der Waals surface area contributed by atoms with E-state index in [2.05, 4.69) is 5.32 Å². The lowest BCUT2D eigenvalue weighted by molar-refractivity contribution is -0.113. The smallest absolute Gasteiger partial charge is 0.271 e. The second-order valence-electron chi connectivity index (χ2n) is 9.21. The Morgan fingerprint density at radius 1 is 0.950 bits per heavy atom. The first-order chi connectivity index (χ1) is 19.4. The number of benzene rings is 3. The summed E-state index contributed by atoms with van der Waals surface area (Å²) in [6, 6.07) is 19.7. The number of anilines is 1. The van der Waals surface area contributed by atoms with Gasteiger partial charge in [0.25, 0.3) is 11.5 Å². The molecule has 1 aliphatic heterocycles. The number of para-hydroxylation sites is 2. The standard InChI is InChI=1S/C31H29N3O5S/c1-18-14-15-20(16-24(18)38-4)27-26(29(35)33-22-11-7-6-8-12-22)19(2)32-31-34(27)30(36)25(40-31)17-21-10-9-13-23(37-3)28(21)39-5/h6-17,27H,1-5H3,(H,33,35)/b25-17-/t27-/m1/s1. The Kier molecular flexibility index (Phi) is 7.57. The first kappa shape index (κ1) is 27.0. The number of allylic oxidation sites excluding steroid dienone is 1. The summed E-state index contributed by atoms with van der Waals surface area (Å²) in [5, 5.41) is 2.97. The van der Waals surface area contributed by atoms with Crippen molar-refractivity contribution < 1.29 is 19.0 Å². The number of hydrogen-bond acceptors (Lipinski definition) is 7. The van der Waals surface area contributed by atoms with Crippen LogP contribution in [0.3, 0.4) is 0 Å². The van der Waals surface area contributed by atoms with Gasteiger partial charge in [-0.3, -0.25) is 14.2 Å². The van der Waals surface area contributed by atoms with Crippen molar-refractivity contribution in [1.29, 1.82) is 0 Å². The van der Waals surface area contributed by atoms with Crippen LogP contribution in [0.15, 0.2) is 87.8 Å². The van der Waals surface area contributed by atoms with Crippen molar-refractivity contribution in [1.82, 2.24) is 4.57 Å². The summed E-state index contributed by atoms with van der Waals surface area (Å²) in [4.78, 5) is 33.0. The van der Waals surface area contributed by atoms with Crippen molar-refractivity contribution in [3.05, 3.63) is 114 Å². The molecule has 1 aromatic heterocycles. The zero-order valence-corrected chi connectivity index (χ0v) is 23.7. The number of methoxy groups -OCH3 is 3. The first-order valence-electron chi connectivity index (χ1n) is 12.6. The Balaban J connectivity index is 1.72. The molecule has 3 aromatic carbocycles. The largest absolute Gasteiger partial charge is 0.496 e. The normalized spacial score (nSPS) is 14.8. The lowest BCUT2D eigenvalue weighted by Crippen LogP contribution is -2.40. The molecule has 2 heterocycles. The van der Waals surface area contributed by atoms with Crippen LogP contribution in [0.25, 0.3) is 6.08 Å². The van der Waals surface area contributed by atoms with Crippen LogP contribution < -0.4 is 34.4 Å². The molecule has 0 aliphatic carbocycles. The molecule has 9 heteroatoms. The molecule has 40 heavy (non-hydrogen) atoms. The van der Waals surface area contributed by atoms with Gasteiger partial charge in [0.15, 0.2) is 16.3 Å². The fraction of sp³-hybridized carbons (Fsp3) is 0.194. The number of nitrogens with one attached hydrogen (secondary N) is 1. The van der Waals surface area contributed by atoms with Crippen molar-refractivity contribution in [2.24, 2.45) is 4.99 Å². The van der Waals surface area contributed by atoms with Gasteiger partial charge in [-0.1, -0.05) is 53.8 Å². The molecule has 0 spiro atoms. The van der Waals surface area contributed by atoms with Crippen LogP contribution in [0.1, 0.15) is 29.7 Å². The molecule has 1 atom stereocenters. The first-order valence-corrected chi connectivity index (χ1v) is 13.4. The molecule has 0 fully saturated rings. The van der Waals surface area contributed by atoms with E-state index in [4.69, 9.17) is 19.2 Å². The lowest BCUT2D eigenvalue weighted by atomic mass is 9.94. The third-order valence-electron chi connectivity index (χ3n) is 6.77. The Hall–Kier alpha value is -4.63. The number of thiazole rings is 1. The third-order valence-corrected chi connectivity index (χ3v) is 7.75. The molecule has 1 amide bonds. The average molecular weight is 556 g/mol. The van der Waals surface area contributed by atoms with Gasteiger partial charge in [-0.05, 0) is 55.3 Å². The molecule has 0 saturated heterocycles.